The Bertz CT molecular complexity index is 557. The molecule has 0 atom stereocenters. The molecule has 0 aliphatic rings. The summed E-state index contributed by atoms with van der Waals surface area (Å²) in [4.78, 5) is 0. The number of benzene rings is 2. The van der Waals surface area contributed by atoms with Gasteiger partial charge in [0, 0.05) is 55.8 Å². The van der Waals surface area contributed by atoms with E-state index in [0.29, 0.717) is 11.8 Å². The molecule has 0 fully saturated rings. The number of hydrogen-bond donors (Lipinski definition) is 1. The second-order valence-corrected chi connectivity index (χ2v) is 7.38. The molecule has 135 valence electrons. The topological polar surface area (TPSA) is 44.0 Å². The van der Waals surface area contributed by atoms with E-state index in [1.807, 2.05) is 62.4 Å². The minimum Gasteiger partial charge on any atom is -0.669 e. The second-order valence-electron chi connectivity index (χ2n) is 6.85. The quantitative estimate of drug-likeness (QED) is 0.412. The Balaban J connectivity index is 0.000000443. The van der Waals surface area contributed by atoms with Gasteiger partial charge in [-0.05, 0) is 30.5 Å². The maximum absolute atomic E-state index is 9.62. The molecule has 0 spiro atoms. The van der Waals surface area contributed by atoms with Crippen LogP contribution in [-0.4, -0.2) is 5.11 Å². The fourth-order valence-corrected chi connectivity index (χ4v) is 2.37. The van der Waals surface area contributed by atoms with E-state index in [2.05, 4.69) is 0 Å². The first kappa shape index (κ1) is 25.4. The SMILES string of the molecule is CC(C)(O)c1ccc(CCl)cc1.CC(C)([NH-])c1ccc(CCl)cc1.[Ac]. The third-order valence-electron chi connectivity index (χ3n) is 3.64. The summed E-state index contributed by atoms with van der Waals surface area (Å²) in [7, 11) is 0. The molecule has 5 heteroatoms. The average Bonchev–Trinajstić information content (AvgIpc) is 2.54. The summed E-state index contributed by atoms with van der Waals surface area (Å²) in [5.74, 6) is 1.06. The molecule has 0 aliphatic heterocycles. The molecule has 2 nitrogen and oxygen atoms in total. The third-order valence-corrected chi connectivity index (χ3v) is 4.26. The molecule has 0 aromatic heterocycles. The van der Waals surface area contributed by atoms with E-state index < -0.39 is 11.1 Å². The Kier molecular flexibility index (Phi) is 11.4. The molecule has 1 radical (unpaired) electrons. The number of nitrogens with one attached hydrogen (secondary N) is 1. The van der Waals surface area contributed by atoms with E-state index >= 15 is 0 Å². The van der Waals surface area contributed by atoms with Gasteiger partial charge in [-0.15, -0.1) is 28.7 Å². The van der Waals surface area contributed by atoms with Gasteiger partial charge in [-0.1, -0.05) is 67.9 Å². The number of hydrogen-bond acceptors (Lipinski definition) is 1. The van der Waals surface area contributed by atoms with Crippen molar-refractivity contribution in [1.29, 1.82) is 0 Å². The van der Waals surface area contributed by atoms with Crippen LogP contribution in [0.5, 0.6) is 0 Å². The average molecular weight is 594 g/mol. The van der Waals surface area contributed by atoms with E-state index in [0.717, 1.165) is 22.3 Å². The van der Waals surface area contributed by atoms with Crippen molar-refractivity contribution in [3.8, 4) is 0 Å². The Labute approximate surface area is 197 Å². The van der Waals surface area contributed by atoms with Crippen LogP contribution in [0.2, 0.25) is 0 Å². The zero-order valence-electron chi connectivity index (χ0n) is 15.3. The summed E-state index contributed by atoms with van der Waals surface area (Å²) < 4.78 is 0. The minimum atomic E-state index is -0.759. The van der Waals surface area contributed by atoms with Crippen LogP contribution in [0, 0.1) is 44.1 Å². The van der Waals surface area contributed by atoms with Gasteiger partial charge < -0.3 is 10.8 Å². The van der Waals surface area contributed by atoms with Crippen molar-refractivity contribution in [3.63, 3.8) is 0 Å². The normalized spacial score (nSPS) is 11.2. The molecule has 0 unspecified atom stereocenters. The fourth-order valence-electron chi connectivity index (χ4n) is 2.01. The fraction of sp³-hybridized carbons (Fsp3) is 0.400. The van der Waals surface area contributed by atoms with Crippen LogP contribution in [0.25, 0.3) is 5.73 Å². The standard InChI is InChI=1S/C10H13ClN.C10H13ClO.Ac/c2*1-10(2,12)9-5-3-8(7-11)4-6-9;/h2*3-6,12H,7H2,1-2H3;/q-1;;. The maximum atomic E-state index is 9.62. The number of rotatable bonds is 4. The maximum Gasteiger partial charge on any atom is 0.0840 e. The number of halogens is 2. The minimum absolute atomic E-state index is 0. The van der Waals surface area contributed by atoms with E-state index in [1.165, 1.54) is 0 Å². The summed E-state index contributed by atoms with van der Waals surface area (Å²) in [6, 6.07) is 15.5. The number of aliphatic hydroxyl groups is 1. The summed E-state index contributed by atoms with van der Waals surface area (Å²) in [6.45, 7) is 7.29. The third kappa shape index (κ3) is 9.23. The predicted molar refractivity (Wildman–Crippen MR) is 105 cm³/mol. The van der Waals surface area contributed by atoms with Gasteiger partial charge in [0.1, 0.15) is 0 Å². The van der Waals surface area contributed by atoms with Crippen LogP contribution in [0.4, 0.5) is 0 Å². The van der Waals surface area contributed by atoms with Gasteiger partial charge in [0.05, 0.1) is 5.60 Å². The van der Waals surface area contributed by atoms with Gasteiger partial charge in [-0.25, -0.2) is 0 Å². The second kappa shape index (κ2) is 11.3. The molecular weight excluding hydrogens is 568 g/mol. The summed E-state index contributed by atoms with van der Waals surface area (Å²) in [6.07, 6.45) is 0. The Morgan fingerprint density at radius 2 is 1.08 bits per heavy atom. The van der Waals surface area contributed by atoms with Crippen molar-refractivity contribution in [2.75, 3.05) is 0 Å². The molecule has 0 bridgehead atoms. The monoisotopic (exact) mass is 593 g/mol. The largest absolute Gasteiger partial charge is 0.669 e. The van der Waals surface area contributed by atoms with E-state index in [1.54, 1.807) is 13.8 Å². The first-order chi connectivity index (χ1) is 11.1. The van der Waals surface area contributed by atoms with Crippen molar-refractivity contribution >= 4 is 23.2 Å². The van der Waals surface area contributed by atoms with E-state index in [4.69, 9.17) is 28.9 Å². The van der Waals surface area contributed by atoms with Crippen molar-refractivity contribution in [2.24, 2.45) is 0 Å². The van der Waals surface area contributed by atoms with Crippen LogP contribution >= 0.6 is 23.2 Å². The smallest absolute Gasteiger partial charge is 0.0840 e. The van der Waals surface area contributed by atoms with Gasteiger partial charge >= 0.3 is 0 Å². The number of alkyl halides is 2. The van der Waals surface area contributed by atoms with Crippen molar-refractivity contribution in [3.05, 3.63) is 76.5 Å². The Morgan fingerprint density at radius 3 is 1.32 bits per heavy atom. The van der Waals surface area contributed by atoms with E-state index in [9.17, 15) is 5.11 Å². The van der Waals surface area contributed by atoms with Crippen LogP contribution < -0.4 is 0 Å². The van der Waals surface area contributed by atoms with Crippen LogP contribution in [0.15, 0.2) is 48.5 Å². The molecule has 2 rings (SSSR count). The van der Waals surface area contributed by atoms with Crippen molar-refractivity contribution in [1.82, 2.24) is 0 Å². The summed E-state index contributed by atoms with van der Waals surface area (Å²) in [5.41, 5.74) is 10.6. The molecule has 2 N–H and O–H groups in total. The summed E-state index contributed by atoms with van der Waals surface area (Å²) in [5, 5.41) is 9.62. The molecule has 2 aromatic carbocycles. The molecule has 0 aliphatic carbocycles. The van der Waals surface area contributed by atoms with Gasteiger partial charge in [0.15, 0.2) is 0 Å². The molecule has 0 heterocycles. The van der Waals surface area contributed by atoms with Crippen LogP contribution in [-0.2, 0) is 22.9 Å². The zero-order chi connectivity index (χ0) is 18.4. The molecule has 2 aromatic rings. The molecule has 25 heavy (non-hydrogen) atoms. The van der Waals surface area contributed by atoms with Crippen molar-refractivity contribution in [2.45, 2.75) is 50.6 Å². The Hall–Kier alpha value is 0.382. The van der Waals surface area contributed by atoms with Gasteiger partial charge in [0.2, 0.25) is 0 Å². The van der Waals surface area contributed by atoms with Gasteiger partial charge in [-0.2, -0.15) is 0 Å². The first-order valence-corrected chi connectivity index (χ1v) is 8.93. The molecule has 0 saturated heterocycles. The zero-order valence-corrected chi connectivity index (χ0v) is 21.6. The first-order valence-electron chi connectivity index (χ1n) is 7.86. The molecular formula is C20H26AcCl2NO-. The summed E-state index contributed by atoms with van der Waals surface area (Å²) >= 11 is 11.3. The molecule has 0 saturated carbocycles. The Morgan fingerprint density at radius 1 is 0.760 bits per heavy atom. The predicted octanol–water partition coefficient (Wildman–Crippen LogP) is 6.37. The molecule has 0 amide bonds. The van der Waals surface area contributed by atoms with Crippen molar-refractivity contribution < 1.29 is 49.2 Å². The van der Waals surface area contributed by atoms with Gasteiger partial charge in [0.25, 0.3) is 0 Å². The van der Waals surface area contributed by atoms with E-state index in [-0.39, 0.29) is 44.1 Å². The van der Waals surface area contributed by atoms with Gasteiger partial charge in [-0.3, -0.25) is 0 Å². The van der Waals surface area contributed by atoms with Crippen LogP contribution in [0.1, 0.15) is 49.9 Å². The van der Waals surface area contributed by atoms with Crippen LogP contribution in [0.3, 0.4) is 0 Å².